The van der Waals surface area contributed by atoms with Gasteiger partial charge in [0.25, 0.3) is 0 Å². The van der Waals surface area contributed by atoms with Gasteiger partial charge in [0.15, 0.2) is 0 Å². The van der Waals surface area contributed by atoms with E-state index in [0.29, 0.717) is 13.0 Å². The number of carbonyl (C=O) groups excluding carboxylic acids is 1. The fourth-order valence-electron chi connectivity index (χ4n) is 4.88. The fraction of sp³-hybridized carbons (Fsp3) is 0.818. The average molecular weight is 426 g/mol. The second-order valence-corrected chi connectivity index (χ2v) is 9.53. The molecule has 170 valence electrons. The smallest absolute Gasteiger partial charge is 0.408 e. The Morgan fingerprint density at radius 2 is 2.00 bits per heavy atom. The Morgan fingerprint density at radius 3 is 2.50 bits per heavy atom. The normalized spacial score (nSPS) is 38.1. The number of carboxylic acid groups (broad SMARTS) is 1. The van der Waals surface area contributed by atoms with Crippen molar-refractivity contribution in [1.82, 2.24) is 5.32 Å². The van der Waals surface area contributed by atoms with E-state index in [2.05, 4.69) is 32.2 Å². The molecule has 7 atom stereocenters. The molecule has 0 radical (unpaired) electrons. The van der Waals surface area contributed by atoms with E-state index in [-0.39, 0.29) is 23.5 Å². The molecule has 1 spiro atoms. The van der Waals surface area contributed by atoms with Gasteiger partial charge < -0.3 is 29.4 Å². The summed E-state index contributed by atoms with van der Waals surface area (Å²) in [6, 6.07) is -1.01. The SMILES string of the molecule is CO[C@@H]1[C@H](OC(=O)NC(C(=O)O)C(C)C)CCC2(CO2)[C@H]1[C@@]1(C)O[C@@H]1CC=C(C)C. The van der Waals surface area contributed by atoms with Crippen LogP contribution in [0.4, 0.5) is 4.79 Å². The number of aliphatic carboxylic acids is 1. The van der Waals surface area contributed by atoms with Crippen LogP contribution in [0.5, 0.6) is 0 Å². The van der Waals surface area contributed by atoms with Crippen LogP contribution in [-0.2, 0) is 23.7 Å². The minimum absolute atomic E-state index is 0.0704. The number of allylic oxidation sites excluding steroid dienone is 1. The van der Waals surface area contributed by atoms with Gasteiger partial charge in [0.1, 0.15) is 29.5 Å². The van der Waals surface area contributed by atoms with E-state index in [4.69, 9.17) is 18.9 Å². The maximum absolute atomic E-state index is 12.5. The van der Waals surface area contributed by atoms with Gasteiger partial charge in [-0.2, -0.15) is 0 Å². The lowest BCUT2D eigenvalue weighted by Crippen LogP contribution is -2.56. The third-order valence-electron chi connectivity index (χ3n) is 6.70. The predicted octanol–water partition coefficient (Wildman–Crippen LogP) is 2.90. The Labute approximate surface area is 178 Å². The molecule has 2 unspecified atom stereocenters. The van der Waals surface area contributed by atoms with Gasteiger partial charge in [-0.3, -0.25) is 0 Å². The second-order valence-electron chi connectivity index (χ2n) is 9.53. The Morgan fingerprint density at radius 1 is 1.33 bits per heavy atom. The van der Waals surface area contributed by atoms with Crippen LogP contribution in [0.2, 0.25) is 0 Å². The van der Waals surface area contributed by atoms with Gasteiger partial charge in [-0.25, -0.2) is 9.59 Å². The third-order valence-corrected chi connectivity index (χ3v) is 6.70. The number of ether oxygens (including phenoxy) is 4. The summed E-state index contributed by atoms with van der Waals surface area (Å²) >= 11 is 0. The van der Waals surface area contributed by atoms with Crippen LogP contribution < -0.4 is 5.32 Å². The molecule has 0 aromatic heterocycles. The van der Waals surface area contributed by atoms with Crippen molar-refractivity contribution in [3.8, 4) is 0 Å². The molecule has 1 amide bonds. The lowest BCUT2D eigenvalue weighted by Gasteiger charge is -2.42. The van der Waals surface area contributed by atoms with Crippen molar-refractivity contribution in [2.24, 2.45) is 11.8 Å². The van der Waals surface area contributed by atoms with Gasteiger partial charge in [-0.15, -0.1) is 0 Å². The average Bonchev–Trinajstić information content (AvgIpc) is 3.56. The summed E-state index contributed by atoms with van der Waals surface area (Å²) in [5, 5.41) is 11.8. The summed E-state index contributed by atoms with van der Waals surface area (Å²) in [5.41, 5.74) is 0.532. The molecule has 1 saturated carbocycles. The zero-order valence-corrected chi connectivity index (χ0v) is 18.8. The van der Waals surface area contributed by atoms with Crippen molar-refractivity contribution in [1.29, 1.82) is 0 Å². The molecule has 30 heavy (non-hydrogen) atoms. The summed E-state index contributed by atoms with van der Waals surface area (Å²) in [4.78, 5) is 23.8. The Hall–Kier alpha value is -1.64. The van der Waals surface area contributed by atoms with Crippen molar-refractivity contribution in [2.75, 3.05) is 13.7 Å². The zero-order chi connectivity index (χ0) is 22.3. The number of nitrogens with one attached hydrogen (secondary N) is 1. The monoisotopic (exact) mass is 425 g/mol. The highest BCUT2D eigenvalue weighted by molar-refractivity contribution is 5.80. The molecule has 0 aromatic rings. The van der Waals surface area contributed by atoms with Gasteiger partial charge >= 0.3 is 12.1 Å². The van der Waals surface area contributed by atoms with Crippen molar-refractivity contribution in [2.45, 2.75) is 89.4 Å². The first-order chi connectivity index (χ1) is 14.0. The summed E-state index contributed by atoms with van der Waals surface area (Å²) in [5.74, 6) is -1.42. The van der Waals surface area contributed by atoms with E-state index in [1.54, 1.807) is 21.0 Å². The van der Waals surface area contributed by atoms with Crippen LogP contribution in [0.3, 0.4) is 0 Å². The lowest BCUT2D eigenvalue weighted by atomic mass is 9.68. The summed E-state index contributed by atoms with van der Waals surface area (Å²) in [6.07, 6.45) is 2.77. The van der Waals surface area contributed by atoms with E-state index >= 15 is 0 Å². The number of amides is 1. The number of rotatable bonds is 8. The fourth-order valence-corrected chi connectivity index (χ4v) is 4.88. The Balaban J connectivity index is 1.71. The minimum Gasteiger partial charge on any atom is -0.480 e. The molecule has 8 heteroatoms. The van der Waals surface area contributed by atoms with E-state index in [0.717, 1.165) is 12.8 Å². The molecular formula is C22H35NO7. The standard InChI is InChI=1S/C22H35NO7/c1-12(2)7-8-15-21(5,30-15)18-17(27-6)14(9-10-22(18)11-28-22)29-20(26)23-16(13(3)4)19(24)25/h7,13-18H,8-11H2,1-6H3,(H,23,26)(H,24,25)/t14-,15-,16?,17-,18-,21+,22?/m1/s1. The van der Waals surface area contributed by atoms with Gasteiger partial charge in [-0.1, -0.05) is 25.5 Å². The van der Waals surface area contributed by atoms with E-state index in [9.17, 15) is 14.7 Å². The molecule has 2 saturated heterocycles. The highest BCUT2D eigenvalue weighted by atomic mass is 16.6. The predicted molar refractivity (Wildman–Crippen MR) is 109 cm³/mol. The van der Waals surface area contributed by atoms with Crippen LogP contribution in [0.1, 0.15) is 53.9 Å². The van der Waals surface area contributed by atoms with Crippen molar-refractivity contribution < 1.29 is 33.6 Å². The molecule has 3 aliphatic rings. The number of carboxylic acids is 1. The molecule has 3 fully saturated rings. The van der Waals surface area contributed by atoms with E-state index in [1.165, 1.54) is 5.57 Å². The maximum Gasteiger partial charge on any atom is 0.408 e. The van der Waals surface area contributed by atoms with Crippen LogP contribution >= 0.6 is 0 Å². The number of hydrogen-bond acceptors (Lipinski definition) is 6. The van der Waals surface area contributed by atoms with Crippen molar-refractivity contribution in [3.63, 3.8) is 0 Å². The first-order valence-electron chi connectivity index (χ1n) is 10.7. The summed E-state index contributed by atoms with van der Waals surface area (Å²) in [6.45, 7) is 10.3. The molecular weight excluding hydrogens is 390 g/mol. The molecule has 2 heterocycles. The van der Waals surface area contributed by atoms with Gasteiger partial charge in [0.2, 0.25) is 0 Å². The van der Waals surface area contributed by atoms with Crippen LogP contribution in [0.25, 0.3) is 0 Å². The van der Waals surface area contributed by atoms with Gasteiger partial charge in [-0.05, 0) is 46.0 Å². The molecule has 2 aliphatic heterocycles. The Bertz CT molecular complexity index is 698. The van der Waals surface area contributed by atoms with Crippen LogP contribution in [0, 0.1) is 11.8 Å². The highest BCUT2D eigenvalue weighted by Crippen LogP contribution is 2.59. The molecule has 8 nitrogen and oxygen atoms in total. The summed E-state index contributed by atoms with van der Waals surface area (Å²) < 4.78 is 23.5. The van der Waals surface area contributed by atoms with Crippen LogP contribution in [-0.4, -0.2) is 66.4 Å². The quantitative estimate of drug-likeness (QED) is 0.454. The molecule has 0 bridgehead atoms. The molecule has 3 rings (SSSR count). The zero-order valence-electron chi connectivity index (χ0n) is 18.8. The maximum atomic E-state index is 12.5. The summed E-state index contributed by atoms with van der Waals surface area (Å²) in [7, 11) is 1.61. The molecule has 2 N–H and O–H groups in total. The number of alkyl carbamates (subject to hydrolysis) is 1. The second kappa shape index (κ2) is 8.48. The van der Waals surface area contributed by atoms with Gasteiger partial charge in [0.05, 0.1) is 18.6 Å². The number of epoxide rings is 2. The van der Waals surface area contributed by atoms with Crippen molar-refractivity contribution >= 4 is 12.1 Å². The lowest BCUT2D eigenvalue weighted by molar-refractivity contribution is -0.141. The molecule has 1 aliphatic carbocycles. The number of methoxy groups -OCH3 is 1. The third kappa shape index (κ3) is 4.50. The first-order valence-corrected chi connectivity index (χ1v) is 10.7. The highest BCUT2D eigenvalue weighted by Gasteiger charge is 2.72. The van der Waals surface area contributed by atoms with Gasteiger partial charge in [0, 0.05) is 7.11 Å². The Kier molecular flexibility index (Phi) is 6.51. The van der Waals surface area contributed by atoms with E-state index < -0.39 is 35.9 Å². The van der Waals surface area contributed by atoms with E-state index in [1.807, 2.05) is 0 Å². The number of hydrogen-bond donors (Lipinski definition) is 2. The molecule has 0 aromatic carbocycles. The topological polar surface area (TPSA) is 110 Å². The minimum atomic E-state index is -1.09. The first kappa shape index (κ1) is 23.0. The van der Waals surface area contributed by atoms with Crippen molar-refractivity contribution in [3.05, 3.63) is 11.6 Å². The largest absolute Gasteiger partial charge is 0.480 e. The van der Waals surface area contributed by atoms with Crippen LogP contribution in [0.15, 0.2) is 11.6 Å². The number of carbonyl (C=O) groups is 2.